The van der Waals surface area contributed by atoms with Crippen molar-refractivity contribution in [3.05, 3.63) is 33.8 Å². The van der Waals surface area contributed by atoms with Crippen molar-refractivity contribution in [3.63, 3.8) is 0 Å². The highest BCUT2D eigenvalue weighted by Gasteiger charge is 2.14. The lowest BCUT2D eigenvalue weighted by atomic mass is 10.1. The first-order valence-corrected chi connectivity index (χ1v) is 6.94. The Morgan fingerprint density at radius 2 is 2.00 bits per heavy atom. The van der Waals surface area contributed by atoms with Crippen molar-refractivity contribution < 1.29 is 4.79 Å². The van der Waals surface area contributed by atoms with Crippen LogP contribution in [0.15, 0.2) is 18.2 Å². The van der Waals surface area contributed by atoms with Gasteiger partial charge in [-0.1, -0.05) is 36.2 Å². The van der Waals surface area contributed by atoms with Crippen LogP contribution in [0.5, 0.6) is 0 Å². The fourth-order valence-electron chi connectivity index (χ4n) is 1.88. The van der Waals surface area contributed by atoms with Crippen LogP contribution in [0.3, 0.4) is 0 Å². The molecule has 2 nitrogen and oxygen atoms in total. The van der Waals surface area contributed by atoms with Gasteiger partial charge in [0.25, 0.3) is 0 Å². The molecule has 0 amide bonds. The van der Waals surface area contributed by atoms with Crippen molar-refractivity contribution in [3.8, 4) is 0 Å². The normalized spacial score (nSPS) is 11.3. The summed E-state index contributed by atoms with van der Waals surface area (Å²) in [6.07, 6.45) is 0.464. The van der Waals surface area contributed by atoms with Gasteiger partial charge in [-0.2, -0.15) is 0 Å². The van der Waals surface area contributed by atoms with E-state index in [0.29, 0.717) is 28.1 Å². The molecule has 0 aliphatic rings. The molecule has 4 heteroatoms. The zero-order valence-corrected chi connectivity index (χ0v) is 12.6. The fourth-order valence-corrected chi connectivity index (χ4v) is 2.29. The van der Waals surface area contributed by atoms with E-state index in [4.69, 9.17) is 23.2 Å². The van der Waals surface area contributed by atoms with Gasteiger partial charge in [-0.3, -0.25) is 4.79 Å². The molecule has 0 spiro atoms. The number of carbonyl (C=O) groups is 1. The molecule has 18 heavy (non-hydrogen) atoms. The van der Waals surface area contributed by atoms with Crippen LogP contribution in [-0.4, -0.2) is 29.8 Å². The molecule has 0 fully saturated rings. The molecule has 0 radical (unpaired) electrons. The highest BCUT2D eigenvalue weighted by molar-refractivity contribution is 6.43. The number of rotatable bonds is 6. The van der Waals surface area contributed by atoms with Crippen LogP contribution in [-0.2, 0) is 0 Å². The minimum atomic E-state index is 0.0431. The Morgan fingerprint density at radius 3 is 2.56 bits per heavy atom. The number of carbonyl (C=O) groups excluding carboxylic acids is 1. The second kappa shape index (κ2) is 7.13. The molecule has 0 saturated carbocycles. The van der Waals surface area contributed by atoms with E-state index >= 15 is 0 Å². The molecule has 1 aromatic carbocycles. The zero-order chi connectivity index (χ0) is 13.7. The van der Waals surface area contributed by atoms with Crippen LogP contribution in [0.25, 0.3) is 0 Å². The lowest BCUT2D eigenvalue weighted by molar-refractivity contribution is 0.0958. The first-order chi connectivity index (χ1) is 8.47. The van der Waals surface area contributed by atoms with Gasteiger partial charge in [-0.05, 0) is 32.5 Å². The third kappa shape index (κ3) is 3.98. The molecule has 0 aromatic heterocycles. The van der Waals surface area contributed by atoms with Crippen molar-refractivity contribution in [2.75, 3.05) is 13.1 Å². The maximum Gasteiger partial charge on any atom is 0.165 e. The Labute approximate surface area is 119 Å². The summed E-state index contributed by atoms with van der Waals surface area (Å²) in [7, 11) is 0. The molecule has 0 atom stereocenters. The Hall–Kier alpha value is -0.570. The molecule has 100 valence electrons. The van der Waals surface area contributed by atoms with Crippen molar-refractivity contribution in [2.24, 2.45) is 0 Å². The van der Waals surface area contributed by atoms with Crippen molar-refractivity contribution in [1.82, 2.24) is 4.90 Å². The monoisotopic (exact) mass is 287 g/mol. The summed E-state index contributed by atoms with van der Waals surface area (Å²) in [6.45, 7) is 8.03. The van der Waals surface area contributed by atoms with Gasteiger partial charge in [0.1, 0.15) is 0 Å². The zero-order valence-electron chi connectivity index (χ0n) is 11.0. The number of Topliss-reactive ketones (excluding diaryl/α,β-unsaturated/α-hetero) is 1. The van der Waals surface area contributed by atoms with Crippen LogP contribution >= 0.6 is 23.2 Å². The number of ketones is 1. The van der Waals surface area contributed by atoms with Crippen LogP contribution < -0.4 is 0 Å². The molecule has 1 rings (SSSR count). The average Bonchev–Trinajstić information content (AvgIpc) is 2.32. The minimum absolute atomic E-state index is 0.0431. The Morgan fingerprint density at radius 1 is 1.33 bits per heavy atom. The Kier molecular flexibility index (Phi) is 6.13. The molecule has 0 aliphatic heterocycles. The number of benzene rings is 1. The van der Waals surface area contributed by atoms with E-state index in [1.807, 2.05) is 0 Å². The van der Waals surface area contributed by atoms with Gasteiger partial charge >= 0.3 is 0 Å². The minimum Gasteiger partial charge on any atom is -0.301 e. The van der Waals surface area contributed by atoms with Gasteiger partial charge in [0.2, 0.25) is 0 Å². The maximum absolute atomic E-state index is 12.1. The average molecular weight is 288 g/mol. The van der Waals surface area contributed by atoms with Crippen molar-refractivity contribution in [1.29, 1.82) is 0 Å². The van der Waals surface area contributed by atoms with Gasteiger partial charge in [0.15, 0.2) is 5.78 Å². The summed E-state index contributed by atoms with van der Waals surface area (Å²) in [4.78, 5) is 14.3. The van der Waals surface area contributed by atoms with E-state index in [1.54, 1.807) is 18.2 Å². The quantitative estimate of drug-likeness (QED) is 0.727. The first-order valence-electron chi connectivity index (χ1n) is 6.18. The van der Waals surface area contributed by atoms with Crippen molar-refractivity contribution in [2.45, 2.75) is 33.2 Å². The van der Waals surface area contributed by atoms with Gasteiger partial charge < -0.3 is 4.90 Å². The molecular formula is C14H19Cl2NO. The van der Waals surface area contributed by atoms with Crippen molar-refractivity contribution >= 4 is 29.0 Å². The number of hydrogen-bond donors (Lipinski definition) is 0. The third-order valence-corrected chi connectivity index (χ3v) is 3.83. The van der Waals surface area contributed by atoms with Crippen LogP contribution in [0.2, 0.25) is 10.0 Å². The molecule has 0 aliphatic carbocycles. The van der Waals surface area contributed by atoms with Crippen LogP contribution in [0.1, 0.15) is 37.6 Å². The van der Waals surface area contributed by atoms with E-state index in [0.717, 1.165) is 13.1 Å². The number of nitrogens with zero attached hydrogens (tertiary/aromatic N) is 1. The predicted octanol–water partition coefficient (Wildman–Crippen LogP) is 4.30. The summed E-state index contributed by atoms with van der Waals surface area (Å²) in [5, 5.41) is 0.787. The summed E-state index contributed by atoms with van der Waals surface area (Å²) >= 11 is 11.9. The van der Waals surface area contributed by atoms with Gasteiger partial charge in [-0.25, -0.2) is 0 Å². The third-order valence-electron chi connectivity index (χ3n) is 3.01. The van der Waals surface area contributed by atoms with Gasteiger partial charge in [0, 0.05) is 24.6 Å². The molecule has 0 bridgehead atoms. The predicted molar refractivity (Wildman–Crippen MR) is 77.8 cm³/mol. The fraction of sp³-hybridized carbons (Fsp3) is 0.500. The summed E-state index contributed by atoms with van der Waals surface area (Å²) in [6, 6.07) is 5.61. The molecule has 0 saturated heterocycles. The smallest absolute Gasteiger partial charge is 0.165 e. The molecule has 1 aromatic rings. The van der Waals surface area contributed by atoms with Crippen LogP contribution in [0, 0.1) is 0 Å². The van der Waals surface area contributed by atoms with Crippen LogP contribution in [0.4, 0.5) is 0 Å². The van der Waals surface area contributed by atoms with E-state index in [1.165, 1.54) is 0 Å². The summed E-state index contributed by atoms with van der Waals surface area (Å²) in [5.41, 5.74) is 0.518. The highest BCUT2D eigenvalue weighted by atomic mass is 35.5. The Balaban J connectivity index is 2.69. The SMILES string of the molecule is CCN(CCC(=O)c1cccc(Cl)c1Cl)C(C)C. The van der Waals surface area contributed by atoms with Gasteiger partial charge in [-0.15, -0.1) is 0 Å². The topological polar surface area (TPSA) is 20.3 Å². The van der Waals surface area contributed by atoms with E-state index in [9.17, 15) is 4.79 Å². The molecule has 0 N–H and O–H groups in total. The van der Waals surface area contributed by atoms with E-state index in [2.05, 4.69) is 25.7 Å². The maximum atomic E-state index is 12.1. The van der Waals surface area contributed by atoms with E-state index in [-0.39, 0.29) is 5.78 Å². The molecule has 0 unspecified atom stereocenters. The lowest BCUT2D eigenvalue weighted by Gasteiger charge is -2.24. The Bertz CT molecular complexity index is 418. The molecule has 0 heterocycles. The number of hydrogen-bond acceptors (Lipinski definition) is 2. The first kappa shape index (κ1) is 15.5. The lowest BCUT2D eigenvalue weighted by Crippen LogP contribution is -2.32. The second-order valence-corrected chi connectivity index (χ2v) is 5.28. The molecular weight excluding hydrogens is 269 g/mol. The summed E-state index contributed by atoms with van der Waals surface area (Å²) < 4.78 is 0. The highest BCUT2D eigenvalue weighted by Crippen LogP contribution is 2.26. The number of halogens is 2. The largest absolute Gasteiger partial charge is 0.301 e. The summed E-state index contributed by atoms with van der Waals surface area (Å²) in [5.74, 6) is 0.0431. The van der Waals surface area contributed by atoms with E-state index < -0.39 is 0 Å². The van der Waals surface area contributed by atoms with Gasteiger partial charge in [0.05, 0.1) is 10.0 Å². The second-order valence-electron chi connectivity index (χ2n) is 4.50. The standard InChI is InChI=1S/C14H19Cl2NO/c1-4-17(10(2)3)9-8-13(18)11-6-5-7-12(15)14(11)16/h5-7,10H,4,8-9H2,1-3H3.